The fraction of sp³-hybridized carbons (Fsp3) is 0. The van der Waals surface area contributed by atoms with Crippen LogP contribution in [0, 0.1) is 5.41 Å². The van der Waals surface area contributed by atoms with Crippen molar-refractivity contribution in [1.82, 2.24) is 0 Å². The molecule has 0 fully saturated rings. The Kier molecular flexibility index (Phi) is 1.09. The zero-order valence-electron chi connectivity index (χ0n) is 5.96. The molecule has 2 rings (SSSR count). The smallest absolute Gasteiger partial charge is 0.0400 e. The first-order chi connectivity index (χ1) is 5.34. The van der Waals surface area contributed by atoms with Crippen LogP contribution in [0.4, 0.5) is 5.69 Å². The first kappa shape index (κ1) is 6.16. The van der Waals surface area contributed by atoms with Crippen molar-refractivity contribution in [2.24, 2.45) is 0 Å². The van der Waals surface area contributed by atoms with Gasteiger partial charge in [0.1, 0.15) is 0 Å². The lowest BCUT2D eigenvalue weighted by Gasteiger charge is -1.83. The summed E-state index contributed by atoms with van der Waals surface area (Å²) in [6.45, 7) is 0. The molecule has 0 bridgehead atoms. The van der Waals surface area contributed by atoms with E-state index in [9.17, 15) is 0 Å². The average molecular weight is 144 g/mol. The van der Waals surface area contributed by atoms with Crippen molar-refractivity contribution >= 4 is 17.5 Å². The summed E-state index contributed by atoms with van der Waals surface area (Å²) in [7, 11) is 0. The van der Waals surface area contributed by atoms with E-state index in [4.69, 9.17) is 11.1 Å². The molecule has 0 spiro atoms. The standard InChI is InChI=1S/C9H8N2/c10-5-4-7-6-2-1-3-8(11)9(6)7/h1-5,10H,11H2/b7-4+,10-5?. The van der Waals surface area contributed by atoms with Crippen LogP contribution < -0.4 is 5.73 Å². The van der Waals surface area contributed by atoms with E-state index in [0.29, 0.717) is 0 Å². The Hall–Kier alpha value is -1.57. The second-order valence-electron chi connectivity index (χ2n) is 2.52. The van der Waals surface area contributed by atoms with E-state index in [1.54, 1.807) is 6.08 Å². The van der Waals surface area contributed by atoms with Gasteiger partial charge in [-0.2, -0.15) is 0 Å². The van der Waals surface area contributed by atoms with E-state index in [1.165, 1.54) is 11.8 Å². The second kappa shape index (κ2) is 1.95. The molecule has 0 aliphatic heterocycles. The normalized spacial score (nSPS) is 16.2. The van der Waals surface area contributed by atoms with E-state index < -0.39 is 0 Å². The molecule has 0 atom stereocenters. The molecule has 0 radical (unpaired) electrons. The van der Waals surface area contributed by atoms with Gasteiger partial charge in [0.15, 0.2) is 0 Å². The number of nitrogen functional groups attached to an aromatic ring is 1. The number of anilines is 1. The Morgan fingerprint density at radius 1 is 1.36 bits per heavy atom. The number of allylic oxidation sites excluding steroid dienone is 1. The topological polar surface area (TPSA) is 49.9 Å². The quantitative estimate of drug-likeness (QED) is 0.464. The minimum absolute atomic E-state index is 0.815. The fourth-order valence-electron chi connectivity index (χ4n) is 1.29. The third kappa shape index (κ3) is 0.759. The van der Waals surface area contributed by atoms with Gasteiger partial charge in [-0.1, -0.05) is 12.1 Å². The molecule has 0 aromatic heterocycles. The maximum Gasteiger partial charge on any atom is 0.0400 e. The van der Waals surface area contributed by atoms with Crippen molar-refractivity contribution in [3.05, 3.63) is 35.4 Å². The SMILES string of the molecule is N=C/C=C1\c2cccc(N)c21. The highest BCUT2D eigenvalue weighted by Gasteiger charge is 2.25. The van der Waals surface area contributed by atoms with Gasteiger partial charge in [0.2, 0.25) is 0 Å². The Morgan fingerprint density at radius 2 is 2.18 bits per heavy atom. The van der Waals surface area contributed by atoms with Crippen molar-refractivity contribution in [1.29, 1.82) is 5.41 Å². The van der Waals surface area contributed by atoms with E-state index in [1.807, 2.05) is 18.2 Å². The molecule has 3 N–H and O–H groups in total. The van der Waals surface area contributed by atoms with Crippen LogP contribution in [0.15, 0.2) is 24.3 Å². The highest BCUT2D eigenvalue weighted by atomic mass is 14.6. The molecule has 1 aromatic rings. The van der Waals surface area contributed by atoms with Gasteiger partial charge in [0.25, 0.3) is 0 Å². The van der Waals surface area contributed by atoms with Crippen LogP contribution in [0.5, 0.6) is 0 Å². The monoisotopic (exact) mass is 144 g/mol. The summed E-state index contributed by atoms with van der Waals surface area (Å²) >= 11 is 0. The van der Waals surface area contributed by atoms with Crippen LogP contribution in [-0.2, 0) is 0 Å². The first-order valence-electron chi connectivity index (χ1n) is 3.44. The lowest BCUT2D eigenvalue weighted by atomic mass is 10.3. The Morgan fingerprint density at radius 3 is 2.82 bits per heavy atom. The third-order valence-electron chi connectivity index (χ3n) is 1.84. The molecule has 2 heteroatoms. The number of rotatable bonds is 1. The summed E-state index contributed by atoms with van der Waals surface area (Å²) in [5.41, 5.74) is 9.92. The van der Waals surface area contributed by atoms with E-state index >= 15 is 0 Å². The van der Waals surface area contributed by atoms with Crippen molar-refractivity contribution in [2.45, 2.75) is 0 Å². The van der Waals surface area contributed by atoms with E-state index in [0.717, 1.165) is 16.8 Å². The molecular formula is C9H8N2. The van der Waals surface area contributed by atoms with Gasteiger partial charge < -0.3 is 11.1 Å². The van der Waals surface area contributed by atoms with Crippen LogP contribution in [0.2, 0.25) is 0 Å². The van der Waals surface area contributed by atoms with E-state index in [-0.39, 0.29) is 0 Å². The Balaban J connectivity index is 2.52. The molecule has 0 amide bonds. The van der Waals surface area contributed by atoms with Crippen molar-refractivity contribution in [2.75, 3.05) is 5.73 Å². The first-order valence-corrected chi connectivity index (χ1v) is 3.44. The lowest BCUT2D eigenvalue weighted by Crippen LogP contribution is -1.80. The average Bonchev–Trinajstić information content (AvgIpc) is 2.66. The van der Waals surface area contributed by atoms with Gasteiger partial charge in [0.05, 0.1) is 0 Å². The summed E-state index contributed by atoms with van der Waals surface area (Å²) in [6.07, 6.45) is 3.05. The summed E-state index contributed by atoms with van der Waals surface area (Å²) in [4.78, 5) is 0. The van der Waals surface area contributed by atoms with Crippen molar-refractivity contribution in [3.63, 3.8) is 0 Å². The highest BCUT2D eigenvalue weighted by Crippen LogP contribution is 2.45. The minimum Gasteiger partial charge on any atom is -0.398 e. The summed E-state index contributed by atoms with van der Waals surface area (Å²) < 4.78 is 0. The summed E-state index contributed by atoms with van der Waals surface area (Å²) in [5.74, 6) is 0. The molecule has 0 saturated carbocycles. The van der Waals surface area contributed by atoms with Crippen LogP contribution in [0.25, 0.3) is 5.57 Å². The zero-order chi connectivity index (χ0) is 7.84. The number of benzene rings is 1. The minimum atomic E-state index is 0.815. The summed E-state index contributed by atoms with van der Waals surface area (Å²) in [5, 5.41) is 6.88. The van der Waals surface area contributed by atoms with Crippen molar-refractivity contribution < 1.29 is 0 Å². The van der Waals surface area contributed by atoms with Crippen LogP contribution in [0.3, 0.4) is 0 Å². The molecule has 0 heterocycles. The molecule has 0 saturated heterocycles. The second-order valence-corrected chi connectivity index (χ2v) is 2.52. The molecule has 54 valence electrons. The van der Waals surface area contributed by atoms with E-state index in [2.05, 4.69) is 0 Å². The number of fused-ring (bicyclic) bond motifs is 1. The highest BCUT2D eigenvalue weighted by molar-refractivity contribution is 6.09. The van der Waals surface area contributed by atoms with Gasteiger partial charge >= 0.3 is 0 Å². The van der Waals surface area contributed by atoms with Gasteiger partial charge in [0, 0.05) is 17.5 Å². The lowest BCUT2D eigenvalue weighted by molar-refractivity contribution is 1.58. The van der Waals surface area contributed by atoms with Crippen LogP contribution in [-0.4, -0.2) is 6.21 Å². The predicted octanol–water partition coefficient (Wildman–Crippen LogP) is 1.66. The molecule has 1 aliphatic carbocycles. The predicted molar refractivity (Wildman–Crippen MR) is 46.7 cm³/mol. The van der Waals surface area contributed by atoms with Crippen LogP contribution >= 0.6 is 0 Å². The third-order valence-corrected chi connectivity index (χ3v) is 1.84. The number of nitrogens with two attached hydrogens (primary N) is 1. The largest absolute Gasteiger partial charge is 0.398 e. The molecule has 11 heavy (non-hydrogen) atoms. The van der Waals surface area contributed by atoms with Gasteiger partial charge in [-0.25, -0.2) is 0 Å². The molecule has 2 nitrogen and oxygen atoms in total. The number of hydrogen-bond donors (Lipinski definition) is 2. The molecular weight excluding hydrogens is 136 g/mol. The summed E-state index contributed by atoms with van der Waals surface area (Å²) in [6, 6.07) is 5.82. The van der Waals surface area contributed by atoms with Gasteiger partial charge in [-0.15, -0.1) is 0 Å². The van der Waals surface area contributed by atoms with Crippen LogP contribution in [0.1, 0.15) is 11.1 Å². The maximum atomic E-state index is 6.88. The molecule has 1 aliphatic rings. The van der Waals surface area contributed by atoms with Gasteiger partial charge in [-0.3, -0.25) is 0 Å². The molecule has 0 unspecified atom stereocenters. The van der Waals surface area contributed by atoms with Gasteiger partial charge in [-0.05, 0) is 23.3 Å². The van der Waals surface area contributed by atoms with Crippen molar-refractivity contribution in [3.8, 4) is 0 Å². The maximum absolute atomic E-state index is 6.88. The molecule has 1 aromatic carbocycles. The zero-order valence-corrected chi connectivity index (χ0v) is 5.96. The fourth-order valence-corrected chi connectivity index (χ4v) is 1.29. The number of nitrogens with one attached hydrogen (secondary N) is 1. The Labute approximate surface area is 64.9 Å². The number of hydrogen-bond acceptors (Lipinski definition) is 2. The Bertz CT molecular complexity index is 351.